The number of nitrogens with one attached hydrogen (secondary N) is 1. The summed E-state index contributed by atoms with van der Waals surface area (Å²) in [5.74, 6) is 0. The predicted molar refractivity (Wildman–Crippen MR) is 121 cm³/mol. The van der Waals surface area contributed by atoms with Crippen LogP contribution in [0, 0.1) is 11.3 Å². The number of hydrogen-bond acceptors (Lipinski definition) is 8. The third-order valence-electron chi connectivity index (χ3n) is 5.10. The van der Waals surface area contributed by atoms with Crippen LogP contribution in [0.4, 0.5) is 0 Å². The van der Waals surface area contributed by atoms with Crippen LogP contribution in [0.3, 0.4) is 0 Å². The highest BCUT2D eigenvalue weighted by Crippen LogP contribution is 2.32. The maximum Gasteiger partial charge on any atom is 0.317 e. The standard InChI is InChI=1S/C23H25N5O2S/c1-2-19-16-31-22(26-19)20(13-24)21-7-8-25-23(27-21)30-15-18-5-3-17(4-6-18)14-28-9-11-29-12-10-28/h3-8,16,26H,2,9-12,14-15H2,1H3. The molecule has 0 saturated carbocycles. The number of rotatable bonds is 7. The van der Waals surface area contributed by atoms with Gasteiger partial charge in [0, 0.05) is 31.5 Å². The summed E-state index contributed by atoms with van der Waals surface area (Å²) < 4.78 is 11.2. The monoisotopic (exact) mass is 435 g/mol. The minimum Gasteiger partial charge on any atom is -0.459 e. The van der Waals surface area contributed by atoms with Gasteiger partial charge in [-0.1, -0.05) is 43.0 Å². The van der Waals surface area contributed by atoms with Crippen LogP contribution in [0.5, 0.6) is 6.01 Å². The summed E-state index contributed by atoms with van der Waals surface area (Å²) in [7, 11) is 0. The van der Waals surface area contributed by atoms with Crippen molar-refractivity contribution in [2.45, 2.75) is 26.5 Å². The van der Waals surface area contributed by atoms with Gasteiger partial charge in [0.05, 0.1) is 23.9 Å². The number of nitrogens with zero attached hydrogens (tertiary/aromatic N) is 4. The third-order valence-corrected chi connectivity index (χ3v) is 6.05. The van der Waals surface area contributed by atoms with E-state index in [0.717, 1.165) is 55.6 Å². The van der Waals surface area contributed by atoms with E-state index in [9.17, 15) is 5.26 Å². The van der Waals surface area contributed by atoms with Crippen LogP contribution in [-0.4, -0.2) is 41.2 Å². The van der Waals surface area contributed by atoms with E-state index in [4.69, 9.17) is 9.47 Å². The molecule has 1 aromatic heterocycles. The van der Waals surface area contributed by atoms with E-state index in [1.807, 2.05) is 5.41 Å². The minimum absolute atomic E-state index is 0.259. The second-order valence-corrected chi connectivity index (χ2v) is 8.15. The molecule has 2 aliphatic rings. The molecule has 7 nitrogen and oxygen atoms in total. The highest BCUT2D eigenvalue weighted by atomic mass is 32.2. The second-order valence-electron chi connectivity index (χ2n) is 7.27. The minimum atomic E-state index is 0.259. The van der Waals surface area contributed by atoms with Crippen LogP contribution in [0.25, 0.3) is 5.57 Å². The van der Waals surface area contributed by atoms with E-state index < -0.39 is 0 Å². The summed E-state index contributed by atoms with van der Waals surface area (Å²) in [6, 6.07) is 12.6. The number of allylic oxidation sites excluding steroid dienone is 2. The SMILES string of the molecule is CCC1=CSC(=C(C#N)c2ccnc(OCc3ccc(CN4CCOCC4)cc3)n2)N1. The van der Waals surface area contributed by atoms with Crippen molar-refractivity contribution in [1.82, 2.24) is 20.2 Å². The van der Waals surface area contributed by atoms with Gasteiger partial charge in [0.1, 0.15) is 18.2 Å². The molecule has 0 spiro atoms. The molecule has 1 N–H and O–H groups in total. The number of hydrogen-bond donors (Lipinski definition) is 1. The molecule has 0 amide bonds. The smallest absolute Gasteiger partial charge is 0.317 e. The summed E-state index contributed by atoms with van der Waals surface area (Å²) in [5, 5.41) is 15.7. The lowest BCUT2D eigenvalue weighted by atomic mass is 10.1. The number of thioether (sulfide) groups is 1. The van der Waals surface area contributed by atoms with Gasteiger partial charge in [-0.3, -0.25) is 4.90 Å². The predicted octanol–water partition coefficient (Wildman–Crippen LogP) is 3.67. The van der Waals surface area contributed by atoms with E-state index in [1.165, 1.54) is 17.3 Å². The first kappa shape index (κ1) is 21.4. The first-order valence-corrected chi connectivity index (χ1v) is 11.2. The molecule has 2 aliphatic heterocycles. The molecule has 1 saturated heterocycles. The topological polar surface area (TPSA) is 83.3 Å². The Kier molecular flexibility index (Phi) is 7.20. The number of morpholine rings is 1. The molecule has 0 bridgehead atoms. The zero-order valence-electron chi connectivity index (χ0n) is 17.5. The van der Waals surface area contributed by atoms with Gasteiger partial charge in [-0.2, -0.15) is 10.2 Å². The molecule has 1 fully saturated rings. The Labute approximate surface area is 186 Å². The van der Waals surface area contributed by atoms with E-state index >= 15 is 0 Å². The summed E-state index contributed by atoms with van der Waals surface area (Å²) in [4.78, 5) is 11.0. The molecule has 8 heteroatoms. The highest BCUT2D eigenvalue weighted by molar-refractivity contribution is 8.06. The van der Waals surface area contributed by atoms with Crippen molar-refractivity contribution in [3.05, 3.63) is 69.5 Å². The molecule has 3 heterocycles. The van der Waals surface area contributed by atoms with E-state index in [2.05, 4.69) is 57.4 Å². The second kappa shape index (κ2) is 10.4. The van der Waals surface area contributed by atoms with Crippen molar-refractivity contribution in [1.29, 1.82) is 5.26 Å². The zero-order chi connectivity index (χ0) is 21.5. The summed E-state index contributed by atoms with van der Waals surface area (Å²) in [6.45, 7) is 6.93. The molecular weight excluding hydrogens is 410 g/mol. The van der Waals surface area contributed by atoms with Crippen molar-refractivity contribution < 1.29 is 9.47 Å². The fourth-order valence-corrected chi connectivity index (χ4v) is 4.25. The lowest BCUT2D eigenvalue weighted by Gasteiger charge is -2.26. The van der Waals surface area contributed by atoms with Crippen molar-refractivity contribution in [3.63, 3.8) is 0 Å². The van der Waals surface area contributed by atoms with Gasteiger partial charge in [-0.15, -0.1) is 0 Å². The average Bonchev–Trinajstić information content (AvgIpc) is 3.29. The van der Waals surface area contributed by atoms with E-state index in [0.29, 0.717) is 17.9 Å². The molecule has 1 aromatic carbocycles. The average molecular weight is 436 g/mol. The molecule has 0 unspecified atom stereocenters. The first-order valence-electron chi connectivity index (χ1n) is 10.4. The Balaban J connectivity index is 1.37. The fourth-order valence-electron chi connectivity index (χ4n) is 3.31. The van der Waals surface area contributed by atoms with Gasteiger partial charge in [0.2, 0.25) is 0 Å². The quantitative estimate of drug-likeness (QED) is 0.660. The molecule has 4 rings (SSSR count). The fraction of sp³-hybridized carbons (Fsp3) is 0.348. The van der Waals surface area contributed by atoms with Crippen LogP contribution in [0.2, 0.25) is 0 Å². The Morgan fingerprint density at radius 1 is 1.23 bits per heavy atom. The Bertz CT molecular complexity index is 1010. The van der Waals surface area contributed by atoms with Crippen LogP contribution in [-0.2, 0) is 17.9 Å². The molecule has 0 radical (unpaired) electrons. The van der Waals surface area contributed by atoms with Crippen LogP contribution >= 0.6 is 11.8 Å². The number of ether oxygens (including phenoxy) is 2. The summed E-state index contributed by atoms with van der Waals surface area (Å²) >= 11 is 1.50. The van der Waals surface area contributed by atoms with Gasteiger partial charge in [0.15, 0.2) is 0 Å². The maximum atomic E-state index is 9.65. The van der Waals surface area contributed by atoms with Gasteiger partial charge in [0.25, 0.3) is 0 Å². The Morgan fingerprint density at radius 3 is 2.71 bits per heavy atom. The lowest BCUT2D eigenvalue weighted by molar-refractivity contribution is 0.0342. The molecule has 2 aromatic rings. The van der Waals surface area contributed by atoms with E-state index in [1.54, 1.807) is 12.3 Å². The van der Waals surface area contributed by atoms with Crippen molar-refractivity contribution in [2.24, 2.45) is 0 Å². The van der Waals surface area contributed by atoms with Crippen LogP contribution in [0.15, 0.2) is 52.7 Å². The van der Waals surface area contributed by atoms with E-state index in [-0.39, 0.29) is 6.01 Å². The summed E-state index contributed by atoms with van der Waals surface area (Å²) in [6.07, 6.45) is 2.51. The molecule has 0 aliphatic carbocycles. The van der Waals surface area contributed by atoms with Gasteiger partial charge in [-0.05, 0) is 29.0 Å². The maximum absolute atomic E-state index is 9.65. The van der Waals surface area contributed by atoms with Crippen LogP contribution in [0.1, 0.15) is 30.2 Å². The Morgan fingerprint density at radius 2 is 2.00 bits per heavy atom. The molecule has 0 atom stereocenters. The lowest BCUT2D eigenvalue weighted by Crippen LogP contribution is -2.35. The summed E-state index contributed by atoms with van der Waals surface area (Å²) in [5.41, 5.74) is 4.45. The number of benzene rings is 1. The van der Waals surface area contributed by atoms with Crippen molar-refractivity contribution in [3.8, 4) is 12.1 Å². The molecular formula is C23H25N5O2S. The number of nitriles is 1. The highest BCUT2D eigenvalue weighted by Gasteiger charge is 2.17. The molecule has 31 heavy (non-hydrogen) atoms. The van der Waals surface area contributed by atoms with Gasteiger partial charge >= 0.3 is 6.01 Å². The first-order chi connectivity index (χ1) is 15.2. The van der Waals surface area contributed by atoms with Crippen LogP contribution < -0.4 is 10.1 Å². The largest absolute Gasteiger partial charge is 0.459 e. The van der Waals surface area contributed by atoms with Crippen molar-refractivity contribution >= 4 is 17.3 Å². The third kappa shape index (κ3) is 5.64. The van der Waals surface area contributed by atoms with Gasteiger partial charge in [-0.25, -0.2) is 4.98 Å². The number of aromatic nitrogens is 2. The van der Waals surface area contributed by atoms with Crippen molar-refractivity contribution in [2.75, 3.05) is 26.3 Å². The normalized spacial score (nSPS) is 18.1. The van der Waals surface area contributed by atoms with Gasteiger partial charge < -0.3 is 14.8 Å². The zero-order valence-corrected chi connectivity index (χ0v) is 18.3. The molecule has 160 valence electrons. The Hall–Kier alpha value is -2.86.